The van der Waals surface area contributed by atoms with Gasteiger partial charge in [0.25, 0.3) is 0 Å². The van der Waals surface area contributed by atoms with Crippen LogP contribution in [0.2, 0.25) is 18.1 Å². The molecule has 0 bridgehead atoms. The molecular formula is C21H23F3O4S2Si. The Morgan fingerprint density at radius 1 is 0.903 bits per heavy atom. The Bertz CT molecular complexity index is 1190. The van der Waals surface area contributed by atoms with Crippen molar-refractivity contribution in [1.82, 2.24) is 0 Å². The number of hydrogen-bond donors (Lipinski definition) is 0. The number of thiophene rings is 1. The molecule has 3 aromatic rings. The van der Waals surface area contributed by atoms with Crippen molar-refractivity contribution in [2.75, 3.05) is 0 Å². The third-order valence-electron chi connectivity index (χ3n) is 5.30. The molecule has 1 heterocycles. The third kappa shape index (κ3) is 5.07. The Balaban J connectivity index is 1.84. The summed E-state index contributed by atoms with van der Waals surface area (Å²) < 4.78 is 71.2. The molecule has 0 amide bonds. The molecular weight excluding hydrogens is 465 g/mol. The van der Waals surface area contributed by atoms with Gasteiger partial charge in [0, 0.05) is 9.58 Å². The fourth-order valence-electron chi connectivity index (χ4n) is 2.51. The van der Waals surface area contributed by atoms with E-state index in [2.05, 4.69) is 38.0 Å². The Morgan fingerprint density at radius 2 is 1.48 bits per heavy atom. The summed E-state index contributed by atoms with van der Waals surface area (Å²) in [5, 5.41) is 0.856. The van der Waals surface area contributed by atoms with E-state index in [1.165, 1.54) is 29.5 Å². The van der Waals surface area contributed by atoms with Gasteiger partial charge in [-0.25, -0.2) is 0 Å². The molecule has 0 N–H and O–H groups in total. The average molecular weight is 489 g/mol. The van der Waals surface area contributed by atoms with Gasteiger partial charge in [0.2, 0.25) is 8.32 Å². The minimum atomic E-state index is -5.70. The first-order chi connectivity index (χ1) is 14.1. The Hall–Kier alpha value is -2.04. The highest BCUT2D eigenvalue weighted by atomic mass is 32.2. The number of hydrogen-bond acceptors (Lipinski definition) is 5. The van der Waals surface area contributed by atoms with Gasteiger partial charge in [-0.2, -0.15) is 21.6 Å². The fraction of sp³-hybridized carbons (Fsp3) is 0.333. The predicted octanol–water partition coefficient (Wildman–Crippen LogP) is 7.18. The normalized spacial score (nSPS) is 13.4. The van der Waals surface area contributed by atoms with Gasteiger partial charge in [0.15, 0.2) is 0 Å². The van der Waals surface area contributed by atoms with Crippen molar-refractivity contribution in [3.8, 4) is 21.9 Å². The van der Waals surface area contributed by atoms with E-state index in [0.717, 1.165) is 21.6 Å². The van der Waals surface area contributed by atoms with E-state index in [1.54, 1.807) is 0 Å². The van der Waals surface area contributed by atoms with E-state index >= 15 is 0 Å². The highest BCUT2D eigenvalue weighted by Crippen LogP contribution is 2.39. The Morgan fingerprint density at radius 3 is 2.03 bits per heavy atom. The SMILES string of the molecule is CC(C)(C)[Si](C)(C)Oc1ccc(-c2cc3ccc(OS(=O)(=O)C(F)(F)F)cc3s2)cc1. The summed E-state index contributed by atoms with van der Waals surface area (Å²) in [7, 11) is -7.65. The smallest absolute Gasteiger partial charge is 0.534 e. The maximum absolute atomic E-state index is 12.5. The zero-order chi connectivity index (χ0) is 23.2. The van der Waals surface area contributed by atoms with Gasteiger partial charge >= 0.3 is 15.6 Å². The monoisotopic (exact) mass is 488 g/mol. The topological polar surface area (TPSA) is 52.6 Å². The Labute approximate surface area is 184 Å². The maximum atomic E-state index is 12.5. The van der Waals surface area contributed by atoms with Crippen molar-refractivity contribution >= 4 is 39.9 Å². The van der Waals surface area contributed by atoms with Crippen LogP contribution in [0.15, 0.2) is 48.5 Å². The molecule has 10 heteroatoms. The molecule has 0 aliphatic rings. The van der Waals surface area contributed by atoms with Gasteiger partial charge < -0.3 is 8.61 Å². The minimum Gasteiger partial charge on any atom is -0.544 e. The van der Waals surface area contributed by atoms with E-state index in [9.17, 15) is 21.6 Å². The van der Waals surface area contributed by atoms with Gasteiger partial charge in [0.1, 0.15) is 11.5 Å². The summed E-state index contributed by atoms with van der Waals surface area (Å²) >= 11 is 1.33. The summed E-state index contributed by atoms with van der Waals surface area (Å²) in [6.45, 7) is 10.9. The molecule has 0 saturated heterocycles. The number of alkyl halides is 3. The van der Waals surface area contributed by atoms with Crippen LogP contribution < -0.4 is 8.61 Å². The summed E-state index contributed by atoms with van der Waals surface area (Å²) in [6, 6.07) is 13.6. The highest BCUT2D eigenvalue weighted by Gasteiger charge is 2.48. The zero-order valence-electron chi connectivity index (χ0n) is 17.7. The first-order valence-electron chi connectivity index (χ1n) is 9.43. The molecule has 2 aromatic carbocycles. The molecule has 0 radical (unpaired) electrons. The van der Waals surface area contributed by atoms with Crippen LogP contribution in [0.5, 0.6) is 11.5 Å². The van der Waals surface area contributed by atoms with Crippen LogP contribution in [0, 0.1) is 0 Å². The molecule has 0 aliphatic heterocycles. The van der Waals surface area contributed by atoms with Crippen molar-refractivity contribution in [1.29, 1.82) is 0 Å². The summed E-state index contributed by atoms with van der Waals surface area (Å²) in [6.07, 6.45) is 0. The van der Waals surface area contributed by atoms with Crippen LogP contribution in [0.3, 0.4) is 0 Å². The molecule has 1 aromatic heterocycles. The fourth-order valence-corrected chi connectivity index (χ4v) is 5.09. The summed E-state index contributed by atoms with van der Waals surface area (Å²) in [5.41, 5.74) is -4.55. The molecule has 3 rings (SSSR count). The molecule has 168 valence electrons. The van der Waals surface area contributed by atoms with Crippen molar-refractivity contribution < 1.29 is 30.2 Å². The van der Waals surface area contributed by atoms with Gasteiger partial charge in [-0.15, -0.1) is 11.3 Å². The van der Waals surface area contributed by atoms with E-state index in [0.29, 0.717) is 4.70 Å². The molecule has 0 spiro atoms. The number of benzene rings is 2. The molecule has 0 atom stereocenters. The van der Waals surface area contributed by atoms with Crippen LogP contribution >= 0.6 is 11.3 Å². The van der Waals surface area contributed by atoms with Gasteiger partial charge in [-0.3, -0.25) is 0 Å². The van der Waals surface area contributed by atoms with Crippen LogP contribution in [0.25, 0.3) is 20.5 Å². The second-order valence-corrected chi connectivity index (χ2v) is 16.0. The molecule has 0 fully saturated rings. The van der Waals surface area contributed by atoms with Gasteiger partial charge in [-0.1, -0.05) is 20.8 Å². The number of fused-ring (bicyclic) bond motifs is 1. The Kier molecular flexibility index (Phi) is 5.96. The van der Waals surface area contributed by atoms with Crippen molar-refractivity contribution in [3.05, 3.63) is 48.5 Å². The van der Waals surface area contributed by atoms with E-state index in [-0.39, 0.29) is 10.8 Å². The first kappa shape index (κ1) is 23.6. The van der Waals surface area contributed by atoms with E-state index in [1.807, 2.05) is 30.3 Å². The maximum Gasteiger partial charge on any atom is 0.534 e. The lowest BCUT2D eigenvalue weighted by Crippen LogP contribution is -2.43. The lowest BCUT2D eigenvalue weighted by atomic mass is 10.1. The van der Waals surface area contributed by atoms with Crippen LogP contribution in [0.4, 0.5) is 13.2 Å². The predicted molar refractivity (Wildman–Crippen MR) is 121 cm³/mol. The average Bonchev–Trinajstić information content (AvgIpc) is 3.03. The molecule has 4 nitrogen and oxygen atoms in total. The number of halogens is 3. The first-order valence-corrected chi connectivity index (χ1v) is 14.6. The lowest BCUT2D eigenvalue weighted by Gasteiger charge is -2.36. The van der Waals surface area contributed by atoms with Crippen molar-refractivity contribution in [2.24, 2.45) is 0 Å². The summed E-state index contributed by atoms with van der Waals surface area (Å²) in [4.78, 5) is 0.893. The lowest BCUT2D eigenvalue weighted by molar-refractivity contribution is -0.0500. The van der Waals surface area contributed by atoms with Crippen LogP contribution in [-0.4, -0.2) is 22.2 Å². The number of rotatable bonds is 5. The minimum absolute atomic E-state index is 0.0799. The third-order valence-corrected chi connectivity index (χ3v) is 11.8. The van der Waals surface area contributed by atoms with E-state index in [4.69, 9.17) is 4.43 Å². The second-order valence-electron chi connectivity index (χ2n) is 8.68. The van der Waals surface area contributed by atoms with Gasteiger partial charge in [0.05, 0.1) is 0 Å². The second kappa shape index (κ2) is 7.82. The molecule has 0 saturated carbocycles. The van der Waals surface area contributed by atoms with E-state index < -0.39 is 23.9 Å². The zero-order valence-corrected chi connectivity index (χ0v) is 20.3. The van der Waals surface area contributed by atoms with Crippen LogP contribution in [-0.2, 0) is 10.1 Å². The quantitative estimate of drug-likeness (QED) is 0.217. The largest absolute Gasteiger partial charge is 0.544 e. The summed E-state index contributed by atoms with van der Waals surface area (Å²) in [5.74, 6) is 0.417. The molecule has 31 heavy (non-hydrogen) atoms. The van der Waals surface area contributed by atoms with Crippen molar-refractivity contribution in [2.45, 2.75) is 44.4 Å². The standard InChI is InChI=1S/C21H23F3O4S2Si/c1-20(2,3)31(4,5)28-16-9-6-14(7-10-16)18-12-15-8-11-17(13-19(15)29-18)27-30(25,26)21(22,23)24/h6-13H,1-5H3. The molecule has 0 aliphatic carbocycles. The van der Waals surface area contributed by atoms with Gasteiger partial charge in [-0.05, 0) is 77.6 Å². The highest BCUT2D eigenvalue weighted by molar-refractivity contribution is 7.88. The van der Waals surface area contributed by atoms with Crippen molar-refractivity contribution in [3.63, 3.8) is 0 Å². The molecule has 0 unspecified atom stereocenters. The van der Waals surface area contributed by atoms with Crippen LogP contribution in [0.1, 0.15) is 20.8 Å².